The summed E-state index contributed by atoms with van der Waals surface area (Å²) >= 11 is 6.79. The maximum absolute atomic E-state index is 12.4. The number of pyridine rings is 1. The second kappa shape index (κ2) is 17.2. The summed E-state index contributed by atoms with van der Waals surface area (Å²) in [7, 11) is 0. The zero-order valence-corrected chi connectivity index (χ0v) is 30.8. The molecule has 1 heterocycles. The number of ether oxygens (including phenoxy) is 2. The van der Waals surface area contributed by atoms with Crippen LogP contribution < -0.4 is 26.0 Å². The second-order valence-corrected chi connectivity index (χ2v) is 14.2. The number of benzene rings is 2. The van der Waals surface area contributed by atoms with Crippen LogP contribution in [0.25, 0.3) is 11.1 Å². The number of halogens is 1. The average molecular weight is 734 g/mol. The molecule has 0 saturated heterocycles. The van der Waals surface area contributed by atoms with Crippen LogP contribution in [0.1, 0.15) is 81.5 Å². The number of nitrogens with one attached hydrogen (secondary N) is 4. The smallest absolute Gasteiger partial charge is 0.325 e. The Balaban J connectivity index is 1.06. The van der Waals surface area contributed by atoms with Crippen molar-refractivity contribution in [1.29, 1.82) is 0 Å². The van der Waals surface area contributed by atoms with E-state index in [0.717, 1.165) is 77.7 Å². The summed E-state index contributed by atoms with van der Waals surface area (Å²) in [4.78, 5) is 52.3. The number of aromatic nitrogens is 1. The molecule has 5 rings (SSSR count). The molecule has 3 atom stereocenters. The summed E-state index contributed by atoms with van der Waals surface area (Å²) < 4.78 is 12.9. The van der Waals surface area contributed by atoms with Gasteiger partial charge in [0.1, 0.15) is 23.9 Å². The van der Waals surface area contributed by atoms with Crippen LogP contribution in [0, 0.1) is 6.92 Å². The van der Waals surface area contributed by atoms with Crippen molar-refractivity contribution in [2.75, 3.05) is 6.54 Å². The number of carboxylic acid groups (broad SMARTS) is 1. The number of aliphatic carboxylic acids is 1. The van der Waals surface area contributed by atoms with Crippen LogP contribution in [0.3, 0.4) is 0 Å². The number of carbonyl (C=O) groups is 4. The van der Waals surface area contributed by atoms with Crippen LogP contribution in [0.2, 0.25) is 5.02 Å². The molecule has 2 aliphatic carbocycles. The Labute approximate surface area is 309 Å². The van der Waals surface area contributed by atoms with Crippen molar-refractivity contribution in [2.45, 2.75) is 109 Å². The SMILES string of the molecule is Cc1cc(COC2(c3cnccc3-c3ccccc3OC3CC3)CC2)c(Cl)cc1CCCCNC(=O)N[C@@H](C)C(=O)N[C@@H](C)C(=O)N[C@@H](C)C(=O)O. The lowest BCUT2D eigenvalue weighted by molar-refractivity contribution is -0.141. The van der Waals surface area contributed by atoms with Crippen molar-refractivity contribution < 1.29 is 33.8 Å². The van der Waals surface area contributed by atoms with E-state index in [-0.39, 0.29) is 0 Å². The van der Waals surface area contributed by atoms with Crippen LogP contribution in [0.15, 0.2) is 54.9 Å². The fraction of sp³-hybridized carbons (Fsp3) is 0.462. The fourth-order valence-electron chi connectivity index (χ4n) is 5.89. The third kappa shape index (κ3) is 10.2. The normalized spacial score (nSPS) is 16.2. The molecule has 0 radical (unpaired) electrons. The van der Waals surface area contributed by atoms with Gasteiger partial charge in [0.2, 0.25) is 11.8 Å². The minimum atomic E-state index is -1.19. The Hall–Kier alpha value is -4.68. The van der Waals surface area contributed by atoms with E-state index in [4.69, 9.17) is 26.2 Å². The summed E-state index contributed by atoms with van der Waals surface area (Å²) in [5, 5.41) is 19.6. The van der Waals surface area contributed by atoms with Gasteiger partial charge in [0.15, 0.2) is 0 Å². The summed E-state index contributed by atoms with van der Waals surface area (Å²) in [5.74, 6) is -1.51. The number of amides is 4. The van der Waals surface area contributed by atoms with E-state index in [1.807, 2.05) is 42.7 Å². The first kappa shape index (κ1) is 38.5. The molecule has 4 amide bonds. The van der Waals surface area contributed by atoms with Gasteiger partial charge in [-0.1, -0.05) is 35.9 Å². The number of hydrogen-bond acceptors (Lipinski definition) is 7. The number of nitrogens with zero attached hydrogens (tertiary/aromatic N) is 1. The van der Waals surface area contributed by atoms with Gasteiger partial charge in [-0.15, -0.1) is 0 Å². The molecule has 5 N–H and O–H groups in total. The van der Waals surface area contributed by atoms with Crippen molar-refractivity contribution in [3.8, 4) is 16.9 Å². The van der Waals surface area contributed by atoms with Crippen LogP contribution in [-0.4, -0.2) is 64.7 Å². The number of carboxylic acids is 1. The molecule has 2 aromatic carbocycles. The van der Waals surface area contributed by atoms with Gasteiger partial charge in [-0.05, 0) is 113 Å². The molecular weight excluding hydrogens is 686 g/mol. The highest BCUT2D eigenvalue weighted by atomic mass is 35.5. The van der Waals surface area contributed by atoms with Crippen molar-refractivity contribution in [3.05, 3.63) is 82.1 Å². The van der Waals surface area contributed by atoms with Crippen LogP contribution in [-0.2, 0) is 37.7 Å². The van der Waals surface area contributed by atoms with Gasteiger partial charge < -0.3 is 35.8 Å². The monoisotopic (exact) mass is 733 g/mol. The maximum Gasteiger partial charge on any atom is 0.325 e. The fourth-order valence-corrected chi connectivity index (χ4v) is 6.13. The topological polar surface area (TPSA) is 168 Å². The minimum absolute atomic E-state index is 0.295. The van der Waals surface area contributed by atoms with Gasteiger partial charge in [0.05, 0.1) is 18.3 Å². The van der Waals surface area contributed by atoms with Crippen LogP contribution >= 0.6 is 11.6 Å². The molecule has 13 heteroatoms. The lowest BCUT2D eigenvalue weighted by atomic mass is 9.96. The molecule has 0 spiro atoms. The van der Waals surface area contributed by atoms with Gasteiger partial charge >= 0.3 is 12.0 Å². The molecule has 12 nitrogen and oxygen atoms in total. The zero-order chi connectivity index (χ0) is 37.4. The number of aryl methyl sites for hydroxylation is 2. The predicted molar refractivity (Wildman–Crippen MR) is 197 cm³/mol. The number of carbonyl (C=O) groups excluding carboxylic acids is 3. The van der Waals surface area contributed by atoms with Gasteiger partial charge in [-0.25, -0.2) is 4.79 Å². The molecule has 52 heavy (non-hydrogen) atoms. The summed E-state index contributed by atoms with van der Waals surface area (Å²) in [6, 6.07) is 10.8. The molecule has 3 aromatic rings. The number of urea groups is 1. The third-order valence-electron chi connectivity index (χ3n) is 9.40. The molecular formula is C39H48ClN5O7. The molecule has 0 unspecified atom stereocenters. The Morgan fingerprint density at radius 2 is 1.62 bits per heavy atom. The quantitative estimate of drug-likeness (QED) is 0.106. The zero-order valence-electron chi connectivity index (χ0n) is 30.1. The number of hydrogen-bond donors (Lipinski definition) is 5. The maximum atomic E-state index is 12.4. The largest absolute Gasteiger partial charge is 0.490 e. The van der Waals surface area contributed by atoms with E-state index >= 15 is 0 Å². The van der Waals surface area contributed by atoms with Gasteiger partial charge in [-0.2, -0.15) is 0 Å². The second-order valence-electron chi connectivity index (χ2n) is 13.8. The summed E-state index contributed by atoms with van der Waals surface area (Å²) in [6.45, 7) is 7.09. The highest BCUT2D eigenvalue weighted by Crippen LogP contribution is 2.53. The lowest BCUT2D eigenvalue weighted by Crippen LogP contribution is -2.54. The molecule has 1 aromatic heterocycles. The third-order valence-corrected chi connectivity index (χ3v) is 9.75. The van der Waals surface area contributed by atoms with E-state index in [2.05, 4.69) is 45.3 Å². The number of unbranched alkanes of at least 4 members (excludes halogenated alkanes) is 1. The molecule has 2 saturated carbocycles. The molecule has 0 bridgehead atoms. The van der Waals surface area contributed by atoms with Crippen molar-refractivity contribution in [3.63, 3.8) is 0 Å². The van der Waals surface area contributed by atoms with E-state index in [1.54, 1.807) is 0 Å². The van der Waals surface area contributed by atoms with E-state index in [9.17, 15) is 19.2 Å². The van der Waals surface area contributed by atoms with Crippen LogP contribution in [0.5, 0.6) is 5.75 Å². The first-order valence-electron chi connectivity index (χ1n) is 17.9. The van der Waals surface area contributed by atoms with E-state index in [0.29, 0.717) is 30.7 Å². The first-order valence-corrected chi connectivity index (χ1v) is 18.2. The Morgan fingerprint density at radius 3 is 2.31 bits per heavy atom. The lowest BCUT2D eigenvalue weighted by Gasteiger charge is -2.22. The highest BCUT2D eigenvalue weighted by molar-refractivity contribution is 6.31. The molecule has 2 fully saturated rings. The number of rotatable bonds is 18. The molecule has 278 valence electrons. The van der Waals surface area contributed by atoms with Crippen LogP contribution in [0.4, 0.5) is 4.79 Å². The Bertz CT molecular complexity index is 1780. The standard InChI is InChI=1S/C39H48ClN5O7/c1-23-19-28(22-51-39(15-16-39)32-21-41-18-14-30(32)31-10-5-6-11-34(31)52-29-12-13-29)33(40)20-27(23)9-7-8-17-42-38(50)45-25(3)36(47)43-24(2)35(46)44-26(4)37(48)49/h5-6,10-11,14,18-21,24-26,29H,7-9,12-13,15-17,22H2,1-4H3,(H,43,47)(H,44,46)(H,48,49)(H2,42,45,50)/t24-,25-,26-/m0/s1. The number of para-hydroxylation sites is 1. The van der Waals surface area contributed by atoms with Crippen molar-refractivity contribution in [2.24, 2.45) is 0 Å². The van der Waals surface area contributed by atoms with E-state index in [1.165, 1.54) is 20.8 Å². The van der Waals surface area contributed by atoms with Crippen molar-refractivity contribution in [1.82, 2.24) is 26.3 Å². The molecule has 2 aliphatic rings. The summed E-state index contributed by atoms with van der Waals surface area (Å²) in [6.07, 6.45) is 10.3. The van der Waals surface area contributed by atoms with Crippen molar-refractivity contribution >= 4 is 35.4 Å². The Morgan fingerprint density at radius 1 is 0.923 bits per heavy atom. The van der Waals surface area contributed by atoms with Gasteiger partial charge in [0, 0.05) is 35.1 Å². The minimum Gasteiger partial charge on any atom is -0.490 e. The summed E-state index contributed by atoms with van der Waals surface area (Å²) in [5.41, 5.74) is 5.94. The van der Waals surface area contributed by atoms with E-state index < -0.39 is 47.5 Å². The van der Waals surface area contributed by atoms with Gasteiger partial charge in [-0.3, -0.25) is 19.4 Å². The first-order chi connectivity index (χ1) is 24.9. The average Bonchev–Trinajstić information content (AvgIpc) is 4.06. The Kier molecular flexibility index (Phi) is 12.8. The molecule has 0 aliphatic heterocycles. The highest BCUT2D eigenvalue weighted by Gasteiger charge is 2.48. The predicted octanol–water partition coefficient (Wildman–Crippen LogP) is 5.56. The van der Waals surface area contributed by atoms with Gasteiger partial charge in [0.25, 0.3) is 0 Å².